The van der Waals surface area contributed by atoms with Crippen LogP contribution in [0.3, 0.4) is 0 Å². The van der Waals surface area contributed by atoms with Crippen molar-refractivity contribution in [1.82, 2.24) is 9.78 Å². The minimum Gasteiger partial charge on any atom is -0.477 e. The number of aromatic nitrogens is 2. The largest absolute Gasteiger partial charge is 0.477 e. The predicted molar refractivity (Wildman–Crippen MR) is 75.6 cm³/mol. The van der Waals surface area contributed by atoms with Gasteiger partial charge in [0.15, 0.2) is 0 Å². The van der Waals surface area contributed by atoms with E-state index in [2.05, 4.69) is 15.2 Å². The molecule has 1 heterocycles. The molecule has 1 unspecified atom stereocenters. The number of alkyl halides is 2. The number of nitrogens with zero attached hydrogens (tertiary/aromatic N) is 2. The Morgan fingerprint density at radius 1 is 1.26 bits per heavy atom. The predicted octanol–water partition coefficient (Wildman–Crippen LogP) is 2.38. The van der Waals surface area contributed by atoms with Crippen molar-refractivity contribution in [3.63, 3.8) is 0 Å². The van der Waals surface area contributed by atoms with Gasteiger partial charge in [0, 0.05) is 11.9 Å². The van der Waals surface area contributed by atoms with E-state index in [-0.39, 0.29) is 11.4 Å². The van der Waals surface area contributed by atoms with E-state index in [0.717, 1.165) is 4.68 Å². The lowest BCUT2D eigenvalue weighted by molar-refractivity contribution is -0.119. The van der Waals surface area contributed by atoms with Crippen molar-refractivity contribution in [1.29, 1.82) is 0 Å². The summed E-state index contributed by atoms with van der Waals surface area (Å²) in [5.41, 5.74) is 0.237. The molecule has 1 amide bonds. The van der Waals surface area contributed by atoms with Crippen molar-refractivity contribution in [2.24, 2.45) is 0 Å². The van der Waals surface area contributed by atoms with Gasteiger partial charge in [0.1, 0.15) is 17.5 Å². The Bertz CT molecular complexity index is 700. The topological polar surface area (TPSA) is 93.5 Å². The Morgan fingerprint density at radius 2 is 1.91 bits per heavy atom. The first-order valence-electron chi connectivity index (χ1n) is 6.51. The van der Waals surface area contributed by atoms with Crippen LogP contribution in [-0.4, -0.2) is 33.4 Å². The number of amides is 1. The Balaban J connectivity index is 2.06. The number of hydrogen-bond acceptors (Lipinski definition) is 4. The Morgan fingerprint density at radius 3 is 2.48 bits per heavy atom. The summed E-state index contributed by atoms with van der Waals surface area (Å²) in [6.07, 6.45) is 1.28. The summed E-state index contributed by atoms with van der Waals surface area (Å²) in [5.74, 6) is -1.74. The van der Waals surface area contributed by atoms with Crippen molar-refractivity contribution < 1.29 is 28.2 Å². The molecule has 0 aliphatic rings. The summed E-state index contributed by atoms with van der Waals surface area (Å²) < 4.78 is 29.4. The van der Waals surface area contributed by atoms with E-state index in [1.807, 2.05) is 0 Å². The third-order valence-electron chi connectivity index (χ3n) is 2.98. The average molecular weight is 325 g/mol. The highest BCUT2D eigenvalue weighted by Gasteiger charge is 2.21. The maximum atomic E-state index is 12.1. The molecule has 0 radical (unpaired) electrons. The van der Waals surface area contributed by atoms with Gasteiger partial charge in [-0.3, -0.25) is 4.79 Å². The fourth-order valence-electron chi connectivity index (χ4n) is 1.87. The second-order valence-corrected chi connectivity index (χ2v) is 4.53. The van der Waals surface area contributed by atoms with E-state index in [9.17, 15) is 18.4 Å². The second-order valence-electron chi connectivity index (χ2n) is 4.53. The van der Waals surface area contributed by atoms with Gasteiger partial charge in [-0.15, -0.1) is 0 Å². The molecule has 2 rings (SSSR count). The van der Waals surface area contributed by atoms with Crippen LogP contribution in [0.1, 0.15) is 23.5 Å². The van der Waals surface area contributed by atoms with Gasteiger partial charge in [-0.05, 0) is 37.3 Å². The van der Waals surface area contributed by atoms with Crippen molar-refractivity contribution in [2.45, 2.75) is 19.6 Å². The number of halogens is 2. The highest BCUT2D eigenvalue weighted by atomic mass is 19.3. The monoisotopic (exact) mass is 325 g/mol. The maximum Gasteiger partial charge on any atom is 0.387 e. The van der Waals surface area contributed by atoms with Gasteiger partial charge in [-0.25, -0.2) is 9.48 Å². The summed E-state index contributed by atoms with van der Waals surface area (Å²) in [7, 11) is 0. The average Bonchev–Trinajstić information content (AvgIpc) is 2.97. The number of carbonyl (C=O) groups excluding carboxylic acids is 1. The number of hydrogen-bond donors (Lipinski definition) is 2. The summed E-state index contributed by atoms with van der Waals surface area (Å²) in [6.45, 7) is -1.44. The zero-order valence-corrected chi connectivity index (χ0v) is 11.9. The Labute approximate surface area is 129 Å². The van der Waals surface area contributed by atoms with Crippen LogP contribution in [0.15, 0.2) is 36.5 Å². The minimum atomic E-state index is -2.93. The number of carboxylic acid groups (broad SMARTS) is 1. The van der Waals surface area contributed by atoms with E-state index in [1.54, 1.807) is 0 Å². The highest BCUT2D eigenvalue weighted by Crippen LogP contribution is 2.19. The van der Waals surface area contributed by atoms with Gasteiger partial charge in [-0.2, -0.15) is 13.9 Å². The number of carbonyl (C=O) groups is 2. The summed E-state index contributed by atoms with van der Waals surface area (Å²) in [6, 6.07) is 5.76. The third-order valence-corrected chi connectivity index (χ3v) is 2.98. The summed E-state index contributed by atoms with van der Waals surface area (Å²) in [4.78, 5) is 23.2. The Kier molecular flexibility index (Phi) is 4.89. The SMILES string of the molecule is CC(C(=O)Nc1ccc(OC(F)F)cc1)n1nccc1C(=O)O. The van der Waals surface area contributed by atoms with Crippen LogP contribution in [0.25, 0.3) is 0 Å². The lowest BCUT2D eigenvalue weighted by atomic mass is 10.2. The van der Waals surface area contributed by atoms with E-state index in [0.29, 0.717) is 5.69 Å². The normalized spacial score (nSPS) is 12.0. The number of rotatable bonds is 6. The van der Waals surface area contributed by atoms with Crippen molar-refractivity contribution in [2.75, 3.05) is 5.32 Å². The molecule has 122 valence electrons. The number of benzene rings is 1. The van der Waals surface area contributed by atoms with Crippen molar-refractivity contribution in [3.8, 4) is 5.75 Å². The zero-order chi connectivity index (χ0) is 17.0. The van der Waals surface area contributed by atoms with Crippen LogP contribution in [0.5, 0.6) is 5.75 Å². The molecular formula is C14H13F2N3O4. The van der Waals surface area contributed by atoms with Crippen LogP contribution in [0.2, 0.25) is 0 Å². The number of ether oxygens (including phenoxy) is 1. The quantitative estimate of drug-likeness (QED) is 0.850. The molecule has 23 heavy (non-hydrogen) atoms. The van der Waals surface area contributed by atoms with E-state index in [1.165, 1.54) is 43.5 Å². The van der Waals surface area contributed by atoms with Gasteiger partial charge < -0.3 is 15.2 Å². The molecule has 0 aliphatic heterocycles. The third kappa shape index (κ3) is 4.02. The molecule has 0 saturated carbocycles. The van der Waals surface area contributed by atoms with Gasteiger partial charge >= 0.3 is 12.6 Å². The van der Waals surface area contributed by atoms with Gasteiger partial charge in [0.25, 0.3) is 0 Å². The molecular weight excluding hydrogens is 312 g/mol. The van der Waals surface area contributed by atoms with Crippen LogP contribution in [0, 0.1) is 0 Å². The standard InChI is InChI=1S/C14H13F2N3O4/c1-8(19-11(13(21)22)6-7-17-19)12(20)18-9-2-4-10(5-3-9)23-14(15)16/h2-8,14H,1H3,(H,18,20)(H,21,22). The molecule has 0 spiro atoms. The van der Waals surface area contributed by atoms with Crippen LogP contribution in [0.4, 0.5) is 14.5 Å². The zero-order valence-electron chi connectivity index (χ0n) is 11.9. The fraction of sp³-hybridized carbons (Fsp3) is 0.214. The smallest absolute Gasteiger partial charge is 0.387 e. The molecule has 0 bridgehead atoms. The van der Waals surface area contributed by atoms with Crippen LogP contribution in [-0.2, 0) is 4.79 Å². The first-order valence-corrected chi connectivity index (χ1v) is 6.51. The summed E-state index contributed by atoms with van der Waals surface area (Å²) in [5, 5.41) is 15.4. The first-order chi connectivity index (χ1) is 10.9. The molecule has 7 nitrogen and oxygen atoms in total. The summed E-state index contributed by atoms with van der Waals surface area (Å²) >= 11 is 0. The van der Waals surface area contributed by atoms with Gasteiger partial charge in [0.05, 0.1) is 0 Å². The molecule has 1 aromatic heterocycles. The fourth-order valence-corrected chi connectivity index (χ4v) is 1.87. The molecule has 2 aromatic rings. The van der Waals surface area contributed by atoms with Gasteiger partial charge in [0.2, 0.25) is 5.91 Å². The molecule has 0 saturated heterocycles. The number of carboxylic acids is 1. The molecule has 2 N–H and O–H groups in total. The van der Waals surface area contributed by atoms with Crippen molar-refractivity contribution in [3.05, 3.63) is 42.2 Å². The van der Waals surface area contributed by atoms with Crippen LogP contribution >= 0.6 is 0 Å². The number of nitrogens with one attached hydrogen (secondary N) is 1. The van der Waals surface area contributed by atoms with Gasteiger partial charge in [-0.1, -0.05) is 0 Å². The van der Waals surface area contributed by atoms with E-state index < -0.39 is 24.5 Å². The highest BCUT2D eigenvalue weighted by molar-refractivity contribution is 5.94. The molecule has 0 aliphatic carbocycles. The molecule has 1 aromatic carbocycles. The minimum absolute atomic E-state index is 0.0358. The Hall–Kier alpha value is -2.97. The molecule has 0 fully saturated rings. The van der Waals surface area contributed by atoms with E-state index in [4.69, 9.17) is 5.11 Å². The number of anilines is 1. The van der Waals surface area contributed by atoms with Crippen LogP contribution < -0.4 is 10.1 Å². The van der Waals surface area contributed by atoms with Crippen molar-refractivity contribution >= 4 is 17.6 Å². The number of aromatic carboxylic acids is 1. The lowest BCUT2D eigenvalue weighted by Gasteiger charge is -2.14. The lowest BCUT2D eigenvalue weighted by Crippen LogP contribution is -2.26. The first kappa shape index (κ1) is 16.4. The van der Waals surface area contributed by atoms with E-state index >= 15 is 0 Å². The molecule has 1 atom stereocenters. The second kappa shape index (κ2) is 6.86. The molecule has 9 heteroatoms. The maximum absolute atomic E-state index is 12.1.